The minimum atomic E-state index is -3.29. The summed E-state index contributed by atoms with van der Waals surface area (Å²) >= 11 is 0. The fourth-order valence-electron chi connectivity index (χ4n) is 0.164. The van der Waals surface area contributed by atoms with E-state index >= 15 is 0 Å². The molecule has 0 aliphatic rings. The molecule has 0 saturated carbocycles. The third-order valence-electron chi connectivity index (χ3n) is 0.350. The second-order valence-electron chi connectivity index (χ2n) is 1.64. The summed E-state index contributed by atoms with van der Waals surface area (Å²) in [5.41, 5.74) is 0. The van der Waals surface area contributed by atoms with Crippen LogP contribution in [0.25, 0.3) is 0 Å². The first kappa shape index (κ1) is 18.0. The second-order valence-corrected chi connectivity index (χ2v) is 3.30. The van der Waals surface area contributed by atoms with E-state index in [1.54, 1.807) is 0 Å². The van der Waals surface area contributed by atoms with Gasteiger partial charge in [-0.15, -0.1) is 6.58 Å². The third-order valence-corrected chi connectivity index (χ3v) is 1.05. The van der Waals surface area contributed by atoms with E-state index in [-0.39, 0.29) is 35.3 Å². The van der Waals surface area contributed by atoms with Gasteiger partial charge in [-0.05, 0) is 0 Å². The molecule has 0 amide bonds. The molecule has 0 unspecified atom stereocenters. The number of hydrogen-bond acceptors (Lipinski definition) is 3. The summed E-state index contributed by atoms with van der Waals surface area (Å²) in [5.74, 6) is -0.979. The van der Waals surface area contributed by atoms with E-state index in [0.717, 1.165) is 6.92 Å². The van der Waals surface area contributed by atoms with Gasteiger partial charge in [0.2, 0.25) is 10.0 Å². The van der Waals surface area contributed by atoms with Gasteiger partial charge in [-0.25, -0.2) is 13.6 Å². The molecule has 0 aliphatic carbocycles. The Labute approximate surface area is 94.0 Å². The molecule has 0 fully saturated rings. The Balaban J connectivity index is -0.000000142. The van der Waals surface area contributed by atoms with E-state index < -0.39 is 16.0 Å². The molecule has 7 heteroatoms. The van der Waals surface area contributed by atoms with E-state index in [1.807, 2.05) is 0 Å². The normalized spacial score (nSPS) is 8.50. The van der Waals surface area contributed by atoms with Gasteiger partial charge in [0.15, 0.2) is 0 Å². The zero-order chi connectivity index (χ0) is 9.49. The van der Waals surface area contributed by atoms with Crippen molar-refractivity contribution in [2.75, 3.05) is 5.75 Å². The zero-order valence-corrected chi connectivity index (χ0v) is 6.97. The summed E-state index contributed by atoms with van der Waals surface area (Å²) in [6.07, 6.45) is 1.25. The molecule has 68 valence electrons. The Bertz CT molecular complexity index is 220. The van der Waals surface area contributed by atoms with Crippen LogP contribution in [-0.4, -0.2) is 54.8 Å². The van der Waals surface area contributed by atoms with E-state index in [1.165, 1.54) is 6.08 Å². The summed E-state index contributed by atoms with van der Waals surface area (Å²) in [6.45, 7) is 4.27. The molecule has 0 saturated heterocycles. The number of primary sulfonamides is 1. The van der Waals surface area contributed by atoms with Gasteiger partial charge in [0.25, 0.3) is 5.97 Å². The van der Waals surface area contributed by atoms with Crippen molar-refractivity contribution in [1.29, 1.82) is 0 Å². The van der Waals surface area contributed by atoms with Crippen LogP contribution in [0, 0.1) is 0 Å². The average molecular weight is 205 g/mol. The third kappa shape index (κ3) is 49.6. The van der Waals surface area contributed by atoms with Crippen LogP contribution in [0.15, 0.2) is 12.7 Å². The maximum atomic E-state index is 9.94. The van der Waals surface area contributed by atoms with E-state index in [4.69, 9.17) is 9.90 Å². The Kier molecular flexibility index (Phi) is 13.8. The van der Waals surface area contributed by atoms with Crippen molar-refractivity contribution < 1.29 is 18.3 Å². The van der Waals surface area contributed by atoms with Crippen LogP contribution in [0.2, 0.25) is 0 Å². The van der Waals surface area contributed by atoms with Gasteiger partial charge < -0.3 is 5.11 Å². The minimum absolute atomic E-state index is 0. The fraction of sp³-hybridized carbons (Fsp3) is 0.400. The van der Waals surface area contributed by atoms with Gasteiger partial charge in [0.05, 0.1) is 5.75 Å². The first-order chi connectivity index (χ1) is 4.79. The summed E-state index contributed by atoms with van der Waals surface area (Å²) < 4.78 is 19.9. The number of nitrogens with two attached hydrogens (primary N) is 1. The Morgan fingerprint density at radius 3 is 1.92 bits per heavy atom. The summed E-state index contributed by atoms with van der Waals surface area (Å²) in [4.78, 5) is 9.00. The predicted octanol–water partition coefficient (Wildman–Crippen LogP) is -1.10. The van der Waals surface area contributed by atoms with Crippen molar-refractivity contribution in [2.45, 2.75) is 6.92 Å². The number of rotatable bonds is 2. The van der Waals surface area contributed by atoms with Crippen LogP contribution >= 0.6 is 0 Å². The first-order valence-corrected chi connectivity index (χ1v) is 4.32. The molecule has 0 spiro atoms. The average Bonchev–Trinajstić information content (AvgIpc) is 1.58. The second kappa shape index (κ2) is 9.21. The fourth-order valence-corrected chi connectivity index (χ4v) is 0.493. The number of carbonyl (C=O) groups is 1. The molecule has 0 rings (SSSR count). The molecular formula is C5H12NNaO4S. The molecule has 0 bridgehead atoms. The molecule has 0 aromatic rings. The van der Waals surface area contributed by atoms with Crippen molar-refractivity contribution >= 4 is 45.5 Å². The van der Waals surface area contributed by atoms with Crippen LogP contribution in [0.5, 0.6) is 0 Å². The monoisotopic (exact) mass is 205 g/mol. The summed E-state index contributed by atoms with van der Waals surface area (Å²) in [6, 6.07) is 0. The van der Waals surface area contributed by atoms with Crippen LogP contribution < -0.4 is 5.14 Å². The molecule has 5 nitrogen and oxygen atoms in total. The van der Waals surface area contributed by atoms with Crippen LogP contribution in [-0.2, 0) is 14.8 Å². The van der Waals surface area contributed by atoms with Crippen LogP contribution in [0.4, 0.5) is 0 Å². The molecule has 0 heterocycles. The van der Waals surface area contributed by atoms with Gasteiger partial charge in [-0.1, -0.05) is 6.08 Å². The molecule has 0 aromatic carbocycles. The molecule has 0 radical (unpaired) electrons. The maximum absolute atomic E-state index is 9.94. The zero-order valence-electron chi connectivity index (χ0n) is 6.15. The van der Waals surface area contributed by atoms with Gasteiger partial charge >= 0.3 is 29.6 Å². The summed E-state index contributed by atoms with van der Waals surface area (Å²) in [7, 11) is -3.29. The van der Waals surface area contributed by atoms with Gasteiger partial charge in [-0.2, -0.15) is 0 Å². The van der Waals surface area contributed by atoms with Gasteiger partial charge in [0, 0.05) is 6.92 Å². The topological polar surface area (TPSA) is 97.5 Å². The quantitative estimate of drug-likeness (QED) is 0.442. The molecule has 12 heavy (non-hydrogen) atoms. The molecule has 0 atom stereocenters. The van der Waals surface area contributed by atoms with Crippen molar-refractivity contribution in [3.05, 3.63) is 12.7 Å². The van der Waals surface area contributed by atoms with Crippen molar-refractivity contribution in [3.63, 3.8) is 0 Å². The summed E-state index contributed by atoms with van der Waals surface area (Å²) in [5, 5.41) is 12.0. The Morgan fingerprint density at radius 1 is 1.67 bits per heavy atom. The van der Waals surface area contributed by atoms with Crippen molar-refractivity contribution in [1.82, 2.24) is 0 Å². The molecule has 0 aromatic heterocycles. The molecule has 3 N–H and O–H groups in total. The number of sulfonamides is 1. The van der Waals surface area contributed by atoms with E-state index in [0.29, 0.717) is 0 Å². The van der Waals surface area contributed by atoms with Gasteiger partial charge in [0.1, 0.15) is 0 Å². The Hall–Kier alpha value is 0.120. The van der Waals surface area contributed by atoms with Crippen molar-refractivity contribution in [3.8, 4) is 0 Å². The number of aliphatic carboxylic acids is 1. The van der Waals surface area contributed by atoms with Gasteiger partial charge in [-0.3, -0.25) is 4.79 Å². The van der Waals surface area contributed by atoms with E-state index in [9.17, 15) is 8.42 Å². The number of hydrogen-bond donors (Lipinski definition) is 2. The standard InChI is InChI=1S/C3H7NO2S.C2H4O2.Na.H/c1-2-3-7(4,5)6;1-2(3)4;;/h2H,1,3H2,(H2,4,5,6);1H3,(H,3,4);;. The number of carboxylic acid groups (broad SMARTS) is 1. The Morgan fingerprint density at radius 2 is 1.92 bits per heavy atom. The molecular weight excluding hydrogens is 193 g/mol. The van der Waals surface area contributed by atoms with E-state index in [2.05, 4.69) is 11.7 Å². The molecule has 0 aliphatic heterocycles. The van der Waals surface area contributed by atoms with Crippen LogP contribution in [0.1, 0.15) is 6.92 Å². The van der Waals surface area contributed by atoms with Crippen LogP contribution in [0.3, 0.4) is 0 Å². The van der Waals surface area contributed by atoms with Crippen molar-refractivity contribution in [2.24, 2.45) is 5.14 Å². The number of carboxylic acids is 1. The predicted molar refractivity (Wildman–Crippen MR) is 48.6 cm³/mol. The first-order valence-electron chi connectivity index (χ1n) is 2.60. The SMILES string of the molecule is C=CCS(N)(=O)=O.CC(=O)O.[NaH].